The fourth-order valence-electron chi connectivity index (χ4n) is 2.42. The van der Waals surface area contributed by atoms with Crippen LogP contribution in [0.1, 0.15) is 11.1 Å². The monoisotopic (exact) mass is 407 g/mol. The molecule has 0 fully saturated rings. The maximum absolute atomic E-state index is 13.2. The van der Waals surface area contributed by atoms with E-state index in [9.17, 15) is 21.6 Å². The van der Waals surface area contributed by atoms with Gasteiger partial charge >= 0.3 is 6.18 Å². The van der Waals surface area contributed by atoms with Crippen LogP contribution in [0.3, 0.4) is 0 Å². The minimum absolute atomic E-state index is 0.0113. The molecule has 0 N–H and O–H groups in total. The van der Waals surface area contributed by atoms with Crippen molar-refractivity contribution in [2.45, 2.75) is 17.5 Å². The number of halogens is 4. The molecule has 0 atom stereocenters. The van der Waals surface area contributed by atoms with E-state index in [1.54, 1.807) is 24.3 Å². The molecule has 0 spiro atoms. The van der Waals surface area contributed by atoms with Crippen molar-refractivity contribution in [3.8, 4) is 5.75 Å². The molecule has 0 saturated heterocycles. The molecule has 2 rings (SSSR count). The van der Waals surface area contributed by atoms with Crippen molar-refractivity contribution in [1.82, 2.24) is 4.31 Å². The Morgan fingerprint density at radius 2 is 1.81 bits per heavy atom. The summed E-state index contributed by atoms with van der Waals surface area (Å²) in [6, 6.07) is 9.65. The zero-order chi connectivity index (χ0) is 19.5. The molecule has 0 bridgehead atoms. The van der Waals surface area contributed by atoms with E-state index in [0.29, 0.717) is 11.8 Å². The molecule has 4 nitrogen and oxygen atoms in total. The molecule has 26 heavy (non-hydrogen) atoms. The van der Waals surface area contributed by atoms with E-state index in [0.717, 1.165) is 22.0 Å². The fraction of sp³-hybridized carbons (Fsp3) is 0.294. The molecule has 0 amide bonds. The lowest BCUT2D eigenvalue weighted by Gasteiger charge is -2.21. The van der Waals surface area contributed by atoms with Crippen molar-refractivity contribution in [2.24, 2.45) is 0 Å². The van der Waals surface area contributed by atoms with Crippen LogP contribution in [0.15, 0.2) is 47.4 Å². The quantitative estimate of drug-likeness (QED) is 0.720. The number of rotatable bonds is 6. The molecular weight excluding hydrogens is 391 g/mol. The first-order valence-electron chi connectivity index (χ1n) is 7.52. The van der Waals surface area contributed by atoms with Gasteiger partial charge in [-0.15, -0.1) is 0 Å². The Kier molecular flexibility index (Phi) is 6.21. The van der Waals surface area contributed by atoms with E-state index in [1.165, 1.54) is 14.2 Å². The van der Waals surface area contributed by atoms with E-state index < -0.39 is 26.7 Å². The number of alkyl halides is 3. The van der Waals surface area contributed by atoms with Crippen LogP contribution in [0.25, 0.3) is 0 Å². The Hall–Kier alpha value is -1.77. The second-order valence-electron chi connectivity index (χ2n) is 5.53. The molecule has 0 radical (unpaired) electrons. The van der Waals surface area contributed by atoms with Gasteiger partial charge in [-0.1, -0.05) is 29.8 Å². The number of nitrogens with zero attached hydrogens (tertiary/aromatic N) is 1. The highest BCUT2D eigenvalue weighted by molar-refractivity contribution is 7.89. The van der Waals surface area contributed by atoms with Crippen LogP contribution in [0.5, 0.6) is 5.75 Å². The summed E-state index contributed by atoms with van der Waals surface area (Å²) in [4.78, 5) is -0.822. The second-order valence-corrected chi connectivity index (χ2v) is 7.98. The third-order valence-corrected chi connectivity index (χ3v) is 5.97. The van der Waals surface area contributed by atoms with E-state index in [-0.39, 0.29) is 18.0 Å². The van der Waals surface area contributed by atoms with Crippen LogP contribution >= 0.6 is 11.6 Å². The number of para-hydroxylation sites is 1. The number of ether oxygens (including phenoxy) is 1. The van der Waals surface area contributed by atoms with Crippen LogP contribution in [-0.4, -0.2) is 33.4 Å². The van der Waals surface area contributed by atoms with Crippen molar-refractivity contribution in [2.75, 3.05) is 20.7 Å². The Labute approximate surface area is 155 Å². The maximum Gasteiger partial charge on any atom is 0.417 e. The molecule has 0 aliphatic heterocycles. The number of hydrogen-bond acceptors (Lipinski definition) is 3. The van der Waals surface area contributed by atoms with Crippen molar-refractivity contribution in [3.05, 3.63) is 58.6 Å². The molecule has 0 saturated carbocycles. The lowest BCUT2D eigenvalue weighted by Crippen LogP contribution is -2.30. The van der Waals surface area contributed by atoms with Gasteiger partial charge in [0.05, 0.1) is 17.6 Å². The van der Waals surface area contributed by atoms with E-state index in [2.05, 4.69) is 0 Å². The molecule has 2 aromatic rings. The normalized spacial score (nSPS) is 12.4. The first kappa shape index (κ1) is 20.5. The summed E-state index contributed by atoms with van der Waals surface area (Å²) in [5, 5.41) is -0.187. The van der Waals surface area contributed by atoms with Gasteiger partial charge in [0.15, 0.2) is 0 Å². The summed E-state index contributed by atoms with van der Waals surface area (Å²) < 4.78 is 71.0. The summed E-state index contributed by atoms with van der Waals surface area (Å²) >= 11 is 5.60. The van der Waals surface area contributed by atoms with Gasteiger partial charge < -0.3 is 4.74 Å². The zero-order valence-electron chi connectivity index (χ0n) is 14.0. The standard InChI is InChI=1S/C17H17ClF3NO3S/c1-22(10-9-12-5-3-4-6-15(12)25-2)26(23,24)16-8-7-13(18)11-14(16)17(19,20)21/h3-8,11H,9-10H2,1-2H3. The third kappa shape index (κ3) is 4.49. The molecule has 9 heteroatoms. The van der Waals surface area contributed by atoms with E-state index in [1.807, 2.05) is 0 Å². The number of hydrogen-bond donors (Lipinski definition) is 0. The molecule has 0 aliphatic carbocycles. The molecule has 0 unspecified atom stereocenters. The van der Waals surface area contributed by atoms with Crippen molar-refractivity contribution in [1.29, 1.82) is 0 Å². The summed E-state index contributed by atoms with van der Waals surface area (Å²) in [6.45, 7) is -0.0113. The zero-order valence-corrected chi connectivity index (χ0v) is 15.6. The minimum Gasteiger partial charge on any atom is -0.496 e. The van der Waals surface area contributed by atoms with Crippen molar-refractivity contribution < 1.29 is 26.3 Å². The number of benzene rings is 2. The second kappa shape index (κ2) is 7.85. The third-order valence-electron chi connectivity index (χ3n) is 3.82. The summed E-state index contributed by atoms with van der Waals surface area (Å²) in [7, 11) is -1.62. The van der Waals surface area contributed by atoms with Gasteiger partial charge in [-0.2, -0.15) is 13.2 Å². The highest BCUT2D eigenvalue weighted by atomic mass is 35.5. The average Bonchev–Trinajstić information content (AvgIpc) is 2.58. The average molecular weight is 408 g/mol. The van der Waals surface area contributed by atoms with Crippen LogP contribution in [-0.2, 0) is 22.6 Å². The van der Waals surface area contributed by atoms with Gasteiger partial charge in [0.1, 0.15) is 5.75 Å². The summed E-state index contributed by atoms with van der Waals surface area (Å²) in [5.74, 6) is 0.584. The molecule has 0 aliphatic rings. The number of likely N-dealkylation sites (N-methyl/N-ethyl adjacent to an activating group) is 1. The number of sulfonamides is 1. The van der Waals surface area contributed by atoms with Crippen LogP contribution in [0, 0.1) is 0 Å². The first-order chi connectivity index (χ1) is 12.1. The highest BCUT2D eigenvalue weighted by Gasteiger charge is 2.38. The fourth-order valence-corrected chi connectivity index (χ4v) is 3.96. The Balaban J connectivity index is 2.30. The van der Waals surface area contributed by atoms with E-state index in [4.69, 9.17) is 16.3 Å². The smallest absolute Gasteiger partial charge is 0.417 e. The summed E-state index contributed by atoms with van der Waals surface area (Å²) in [5.41, 5.74) is -0.529. The molecule has 142 valence electrons. The van der Waals surface area contributed by atoms with Gasteiger partial charge in [0.2, 0.25) is 10.0 Å². The van der Waals surface area contributed by atoms with Crippen molar-refractivity contribution in [3.63, 3.8) is 0 Å². The predicted molar refractivity (Wildman–Crippen MR) is 93.0 cm³/mol. The van der Waals surface area contributed by atoms with E-state index >= 15 is 0 Å². The van der Waals surface area contributed by atoms with Crippen molar-refractivity contribution >= 4 is 21.6 Å². The SMILES string of the molecule is COc1ccccc1CCN(C)S(=O)(=O)c1ccc(Cl)cc1C(F)(F)F. The molecular formula is C17H17ClF3NO3S. The Morgan fingerprint density at radius 3 is 2.42 bits per heavy atom. The number of methoxy groups -OCH3 is 1. The van der Waals surface area contributed by atoms with Gasteiger partial charge in [0, 0.05) is 18.6 Å². The van der Waals surface area contributed by atoms with Crippen LogP contribution in [0.4, 0.5) is 13.2 Å². The van der Waals surface area contributed by atoms with Crippen LogP contribution in [0.2, 0.25) is 5.02 Å². The lowest BCUT2D eigenvalue weighted by molar-refractivity contribution is -0.139. The minimum atomic E-state index is -4.84. The summed E-state index contributed by atoms with van der Waals surface area (Å²) in [6.07, 6.45) is -4.55. The van der Waals surface area contributed by atoms with Crippen LogP contribution < -0.4 is 4.74 Å². The van der Waals surface area contributed by atoms with Gasteiger partial charge in [0.25, 0.3) is 0 Å². The van der Waals surface area contributed by atoms with Gasteiger partial charge in [-0.05, 0) is 36.2 Å². The molecule has 0 heterocycles. The highest BCUT2D eigenvalue weighted by Crippen LogP contribution is 2.36. The maximum atomic E-state index is 13.2. The lowest BCUT2D eigenvalue weighted by atomic mass is 10.1. The Morgan fingerprint density at radius 1 is 1.15 bits per heavy atom. The molecule has 2 aromatic carbocycles. The molecule has 0 aromatic heterocycles. The largest absolute Gasteiger partial charge is 0.496 e. The predicted octanol–water partition coefficient (Wildman–Crippen LogP) is 4.23. The van der Waals surface area contributed by atoms with Gasteiger partial charge in [-0.3, -0.25) is 0 Å². The topological polar surface area (TPSA) is 46.6 Å². The first-order valence-corrected chi connectivity index (χ1v) is 9.34. The Bertz CT molecular complexity index is 885. The van der Waals surface area contributed by atoms with Gasteiger partial charge in [-0.25, -0.2) is 12.7 Å².